The molecule has 1 saturated heterocycles. The van der Waals surface area contributed by atoms with Crippen molar-refractivity contribution in [3.05, 3.63) is 11.1 Å². The summed E-state index contributed by atoms with van der Waals surface area (Å²) in [6, 6.07) is 0. The molecule has 0 aromatic carbocycles. The first kappa shape index (κ1) is 12.2. The van der Waals surface area contributed by atoms with E-state index >= 15 is 0 Å². The standard InChI is InChI=1S/C10H17BrO3/c1-9(2)7(12)6-8(14-9)10(3,13)4-5-11/h4-5,7-8,12-13H,6H2,1-3H3/b5-4+/t7-,8-,10-/m0/s1. The van der Waals surface area contributed by atoms with Crippen LogP contribution in [0.4, 0.5) is 0 Å². The molecule has 0 aromatic heterocycles. The summed E-state index contributed by atoms with van der Waals surface area (Å²) in [5.41, 5.74) is -1.62. The van der Waals surface area contributed by atoms with Gasteiger partial charge < -0.3 is 14.9 Å². The maximum atomic E-state index is 10.0. The monoisotopic (exact) mass is 264 g/mol. The van der Waals surface area contributed by atoms with E-state index in [1.165, 1.54) is 0 Å². The number of ether oxygens (including phenoxy) is 1. The first-order valence-electron chi connectivity index (χ1n) is 4.66. The normalized spacial score (nSPS) is 36.1. The number of aliphatic hydroxyl groups is 2. The second kappa shape index (κ2) is 3.93. The van der Waals surface area contributed by atoms with E-state index in [0.717, 1.165) is 0 Å². The second-order valence-electron chi connectivity index (χ2n) is 4.48. The fourth-order valence-corrected chi connectivity index (χ4v) is 2.11. The second-order valence-corrected chi connectivity index (χ2v) is 5.01. The summed E-state index contributed by atoms with van der Waals surface area (Å²) in [6.07, 6.45) is 1.19. The Balaban J connectivity index is 2.75. The SMILES string of the molecule is CC1(C)O[C@H]([C@@](C)(O)/C=C/Br)C[C@@H]1O. The van der Waals surface area contributed by atoms with Crippen LogP contribution in [0.5, 0.6) is 0 Å². The minimum Gasteiger partial charge on any atom is -0.390 e. The summed E-state index contributed by atoms with van der Waals surface area (Å²) in [5, 5.41) is 19.7. The van der Waals surface area contributed by atoms with Crippen molar-refractivity contribution in [2.45, 2.75) is 50.6 Å². The van der Waals surface area contributed by atoms with Crippen molar-refractivity contribution in [2.24, 2.45) is 0 Å². The summed E-state index contributed by atoms with van der Waals surface area (Å²) in [7, 11) is 0. The molecule has 14 heavy (non-hydrogen) atoms. The Bertz CT molecular complexity index is 236. The van der Waals surface area contributed by atoms with Crippen LogP contribution in [0.25, 0.3) is 0 Å². The fourth-order valence-electron chi connectivity index (χ4n) is 1.57. The van der Waals surface area contributed by atoms with E-state index in [1.54, 1.807) is 18.0 Å². The van der Waals surface area contributed by atoms with Crippen molar-refractivity contribution in [1.29, 1.82) is 0 Å². The van der Waals surface area contributed by atoms with Gasteiger partial charge >= 0.3 is 0 Å². The molecule has 0 saturated carbocycles. The van der Waals surface area contributed by atoms with Gasteiger partial charge in [-0.3, -0.25) is 0 Å². The minimum atomic E-state index is -1.04. The van der Waals surface area contributed by atoms with Gasteiger partial charge in [0, 0.05) is 6.42 Å². The molecule has 1 rings (SSSR count). The highest BCUT2D eigenvalue weighted by atomic mass is 79.9. The molecule has 0 amide bonds. The number of hydrogen-bond donors (Lipinski definition) is 2. The van der Waals surface area contributed by atoms with Gasteiger partial charge in [-0.05, 0) is 31.8 Å². The van der Waals surface area contributed by atoms with Crippen LogP contribution in [0.15, 0.2) is 11.1 Å². The number of rotatable bonds is 2. The number of aliphatic hydroxyl groups excluding tert-OH is 1. The lowest BCUT2D eigenvalue weighted by molar-refractivity contribution is -0.109. The lowest BCUT2D eigenvalue weighted by atomic mass is 9.94. The molecule has 0 aliphatic carbocycles. The van der Waals surface area contributed by atoms with Gasteiger partial charge in [-0.15, -0.1) is 0 Å². The highest BCUT2D eigenvalue weighted by Crippen LogP contribution is 2.35. The molecule has 4 heteroatoms. The molecule has 1 aliphatic rings. The zero-order chi connectivity index (χ0) is 11.0. The van der Waals surface area contributed by atoms with Crippen LogP contribution < -0.4 is 0 Å². The third kappa shape index (κ3) is 2.37. The van der Waals surface area contributed by atoms with Crippen LogP contribution in [0, 0.1) is 0 Å². The molecule has 0 aromatic rings. The molecule has 3 nitrogen and oxygen atoms in total. The van der Waals surface area contributed by atoms with Crippen LogP contribution in [0.3, 0.4) is 0 Å². The van der Waals surface area contributed by atoms with Crippen molar-refractivity contribution in [3.8, 4) is 0 Å². The zero-order valence-electron chi connectivity index (χ0n) is 8.70. The van der Waals surface area contributed by atoms with Gasteiger partial charge in [-0.25, -0.2) is 0 Å². The Morgan fingerprint density at radius 3 is 2.50 bits per heavy atom. The van der Waals surface area contributed by atoms with Gasteiger partial charge in [-0.2, -0.15) is 0 Å². The van der Waals surface area contributed by atoms with E-state index in [9.17, 15) is 10.2 Å². The third-order valence-corrected chi connectivity index (χ3v) is 3.00. The fraction of sp³-hybridized carbons (Fsp3) is 0.800. The highest BCUT2D eigenvalue weighted by Gasteiger charge is 2.46. The molecule has 3 atom stereocenters. The number of hydrogen-bond acceptors (Lipinski definition) is 3. The molecule has 0 bridgehead atoms. The predicted molar refractivity (Wildman–Crippen MR) is 58.3 cm³/mol. The first-order chi connectivity index (χ1) is 6.29. The van der Waals surface area contributed by atoms with E-state index in [1.807, 2.05) is 13.8 Å². The molecular formula is C10H17BrO3. The van der Waals surface area contributed by atoms with E-state index in [2.05, 4.69) is 15.9 Å². The van der Waals surface area contributed by atoms with Gasteiger partial charge in [0.2, 0.25) is 0 Å². The molecule has 1 fully saturated rings. The molecule has 82 valence electrons. The molecule has 1 heterocycles. The Morgan fingerprint density at radius 1 is 1.57 bits per heavy atom. The smallest absolute Gasteiger partial charge is 0.107 e. The molecular weight excluding hydrogens is 248 g/mol. The van der Waals surface area contributed by atoms with Crippen LogP contribution >= 0.6 is 15.9 Å². The zero-order valence-corrected chi connectivity index (χ0v) is 10.3. The molecule has 0 spiro atoms. The molecule has 0 unspecified atom stereocenters. The Labute approximate surface area is 92.9 Å². The Hall–Kier alpha value is 0.1000. The average Bonchev–Trinajstić information content (AvgIpc) is 2.27. The van der Waals surface area contributed by atoms with Crippen LogP contribution in [-0.4, -0.2) is 33.6 Å². The van der Waals surface area contributed by atoms with Crippen LogP contribution in [0.1, 0.15) is 27.2 Å². The summed E-state index contributed by atoms with van der Waals surface area (Å²) in [4.78, 5) is 1.61. The largest absolute Gasteiger partial charge is 0.390 e. The van der Waals surface area contributed by atoms with Gasteiger partial charge in [0.25, 0.3) is 0 Å². The van der Waals surface area contributed by atoms with E-state index in [4.69, 9.17) is 4.74 Å². The lowest BCUT2D eigenvalue weighted by Gasteiger charge is -2.28. The van der Waals surface area contributed by atoms with Gasteiger partial charge in [0.05, 0.1) is 17.8 Å². The summed E-state index contributed by atoms with van der Waals surface area (Å²) >= 11 is 3.12. The summed E-state index contributed by atoms with van der Waals surface area (Å²) < 4.78 is 5.61. The number of halogens is 1. The maximum absolute atomic E-state index is 10.0. The van der Waals surface area contributed by atoms with Crippen molar-refractivity contribution in [2.75, 3.05) is 0 Å². The van der Waals surface area contributed by atoms with Crippen LogP contribution in [0.2, 0.25) is 0 Å². The van der Waals surface area contributed by atoms with Crippen LogP contribution in [-0.2, 0) is 4.74 Å². The van der Waals surface area contributed by atoms with Crippen molar-refractivity contribution in [3.63, 3.8) is 0 Å². The first-order valence-corrected chi connectivity index (χ1v) is 5.57. The van der Waals surface area contributed by atoms with Gasteiger partial charge in [0.15, 0.2) is 0 Å². The summed E-state index contributed by atoms with van der Waals surface area (Å²) in [5.74, 6) is 0. The van der Waals surface area contributed by atoms with E-state index in [0.29, 0.717) is 6.42 Å². The van der Waals surface area contributed by atoms with Crippen molar-refractivity contribution < 1.29 is 14.9 Å². The third-order valence-electron chi connectivity index (χ3n) is 2.74. The van der Waals surface area contributed by atoms with Crippen molar-refractivity contribution >= 4 is 15.9 Å². The predicted octanol–water partition coefficient (Wildman–Crippen LogP) is 1.57. The molecule has 2 N–H and O–H groups in total. The lowest BCUT2D eigenvalue weighted by Crippen LogP contribution is -2.38. The summed E-state index contributed by atoms with van der Waals surface area (Å²) in [6.45, 7) is 5.32. The topological polar surface area (TPSA) is 49.7 Å². The van der Waals surface area contributed by atoms with E-state index in [-0.39, 0.29) is 6.10 Å². The van der Waals surface area contributed by atoms with Crippen molar-refractivity contribution in [1.82, 2.24) is 0 Å². The average molecular weight is 265 g/mol. The molecule has 1 aliphatic heterocycles. The van der Waals surface area contributed by atoms with E-state index < -0.39 is 17.3 Å². The minimum absolute atomic E-state index is 0.360. The van der Waals surface area contributed by atoms with Gasteiger partial charge in [-0.1, -0.05) is 15.9 Å². The highest BCUT2D eigenvalue weighted by molar-refractivity contribution is 9.11. The van der Waals surface area contributed by atoms with Gasteiger partial charge in [0.1, 0.15) is 5.60 Å². The Kier molecular flexibility index (Phi) is 3.41. The maximum Gasteiger partial charge on any atom is 0.107 e. The molecule has 0 radical (unpaired) electrons. The quantitative estimate of drug-likeness (QED) is 0.796. The Morgan fingerprint density at radius 2 is 2.14 bits per heavy atom.